The van der Waals surface area contributed by atoms with Crippen LogP contribution < -0.4 is 9.62 Å². The van der Waals surface area contributed by atoms with Crippen LogP contribution in [0.25, 0.3) is 0 Å². The van der Waals surface area contributed by atoms with Gasteiger partial charge in [-0.15, -0.1) is 0 Å². The number of hydrogen-bond acceptors (Lipinski definition) is 3. The number of rotatable bonds is 7. The van der Waals surface area contributed by atoms with Crippen LogP contribution >= 0.6 is 0 Å². The van der Waals surface area contributed by atoms with Crippen molar-refractivity contribution >= 4 is 21.6 Å². The minimum atomic E-state index is -3.61. The lowest BCUT2D eigenvalue weighted by Gasteiger charge is -2.31. The number of amides is 1. The standard InChI is InChI=1S/C23H30N2O3S/c1-4-22(25(29(3,27)28)21-12-6-5-7-13-21)23(26)24-17(2)19-15-14-18-10-8-9-11-20(18)16-19/h5-7,12-17,22H,4,8-11H2,1-3H3,(H,24,26)/t17-,22+/m0/s1. The van der Waals surface area contributed by atoms with Gasteiger partial charge in [-0.05, 0) is 67.9 Å². The number of fused-ring (bicyclic) bond motifs is 1. The number of benzene rings is 2. The van der Waals surface area contributed by atoms with Crippen LogP contribution in [0.3, 0.4) is 0 Å². The van der Waals surface area contributed by atoms with Gasteiger partial charge in [0, 0.05) is 0 Å². The highest BCUT2D eigenvalue weighted by atomic mass is 32.2. The quantitative estimate of drug-likeness (QED) is 0.745. The van der Waals surface area contributed by atoms with Crippen molar-refractivity contribution in [3.8, 4) is 0 Å². The molecule has 0 heterocycles. The molecule has 0 spiro atoms. The van der Waals surface area contributed by atoms with E-state index in [2.05, 4.69) is 23.5 Å². The molecule has 5 nitrogen and oxygen atoms in total. The summed E-state index contributed by atoms with van der Waals surface area (Å²) in [5.41, 5.74) is 4.32. The molecular weight excluding hydrogens is 384 g/mol. The summed E-state index contributed by atoms with van der Waals surface area (Å²) < 4.78 is 26.2. The molecule has 1 N–H and O–H groups in total. The van der Waals surface area contributed by atoms with Crippen LogP contribution in [-0.2, 0) is 27.7 Å². The van der Waals surface area contributed by atoms with E-state index in [-0.39, 0.29) is 11.9 Å². The molecule has 2 aromatic rings. The van der Waals surface area contributed by atoms with Crippen LogP contribution in [0.15, 0.2) is 48.5 Å². The monoisotopic (exact) mass is 414 g/mol. The lowest BCUT2D eigenvalue weighted by molar-refractivity contribution is -0.122. The van der Waals surface area contributed by atoms with Gasteiger partial charge in [0.05, 0.1) is 18.0 Å². The zero-order valence-corrected chi connectivity index (χ0v) is 18.2. The summed E-state index contributed by atoms with van der Waals surface area (Å²) in [6, 6.07) is 14.2. The number of carbonyl (C=O) groups excluding carboxylic acids is 1. The molecule has 0 aromatic heterocycles. The number of sulfonamides is 1. The molecule has 0 unspecified atom stereocenters. The van der Waals surface area contributed by atoms with Crippen molar-refractivity contribution in [1.82, 2.24) is 5.32 Å². The topological polar surface area (TPSA) is 66.5 Å². The normalized spacial score (nSPS) is 15.8. The highest BCUT2D eigenvalue weighted by molar-refractivity contribution is 7.92. The largest absolute Gasteiger partial charge is 0.348 e. The molecule has 0 saturated heterocycles. The van der Waals surface area contributed by atoms with E-state index in [1.807, 2.05) is 19.9 Å². The van der Waals surface area contributed by atoms with Gasteiger partial charge in [0.1, 0.15) is 6.04 Å². The summed E-state index contributed by atoms with van der Waals surface area (Å²) in [5.74, 6) is -0.285. The van der Waals surface area contributed by atoms with Crippen LogP contribution in [0.5, 0.6) is 0 Å². The molecule has 1 aliphatic carbocycles. The average molecular weight is 415 g/mol. The van der Waals surface area contributed by atoms with E-state index in [0.717, 1.165) is 24.7 Å². The fraction of sp³-hybridized carbons (Fsp3) is 0.435. The van der Waals surface area contributed by atoms with Crippen LogP contribution in [0.4, 0.5) is 5.69 Å². The molecule has 1 aliphatic rings. The second-order valence-corrected chi connectivity index (χ2v) is 9.64. The molecule has 0 saturated carbocycles. The smallest absolute Gasteiger partial charge is 0.244 e. The predicted octanol–water partition coefficient (Wildman–Crippen LogP) is 3.99. The van der Waals surface area contributed by atoms with Crippen LogP contribution in [-0.4, -0.2) is 26.6 Å². The fourth-order valence-electron chi connectivity index (χ4n) is 4.05. The lowest BCUT2D eigenvalue weighted by Crippen LogP contribution is -2.49. The fourth-order valence-corrected chi connectivity index (χ4v) is 5.26. The van der Waals surface area contributed by atoms with Crippen LogP contribution in [0.2, 0.25) is 0 Å². The van der Waals surface area contributed by atoms with Gasteiger partial charge >= 0.3 is 0 Å². The van der Waals surface area contributed by atoms with E-state index in [1.165, 1.54) is 28.3 Å². The molecular formula is C23H30N2O3S. The Morgan fingerprint density at radius 3 is 2.34 bits per heavy atom. The number of carbonyl (C=O) groups is 1. The predicted molar refractivity (Wildman–Crippen MR) is 117 cm³/mol. The van der Waals surface area contributed by atoms with Crippen molar-refractivity contribution in [3.63, 3.8) is 0 Å². The lowest BCUT2D eigenvalue weighted by atomic mass is 9.89. The molecule has 2 aromatic carbocycles. The van der Waals surface area contributed by atoms with Gasteiger partial charge in [-0.2, -0.15) is 0 Å². The Hall–Kier alpha value is -2.34. The van der Waals surface area contributed by atoms with Gasteiger partial charge in [-0.3, -0.25) is 9.10 Å². The van der Waals surface area contributed by atoms with Gasteiger partial charge in [-0.1, -0.05) is 43.3 Å². The second kappa shape index (κ2) is 8.99. The van der Waals surface area contributed by atoms with E-state index < -0.39 is 16.1 Å². The van der Waals surface area contributed by atoms with Crippen molar-refractivity contribution in [2.24, 2.45) is 0 Å². The van der Waals surface area contributed by atoms with E-state index in [9.17, 15) is 13.2 Å². The third-order valence-corrected chi connectivity index (χ3v) is 6.75. The third-order valence-electron chi connectivity index (χ3n) is 5.57. The zero-order chi connectivity index (χ0) is 21.0. The Kier molecular flexibility index (Phi) is 6.63. The van der Waals surface area contributed by atoms with E-state index in [0.29, 0.717) is 12.1 Å². The van der Waals surface area contributed by atoms with Crippen molar-refractivity contribution < 1.29 is 13.2 Å². The number of hydrogen-bond donors (Lipinski definition) is 1. The molecule has 156 valence electrons. The summed E-state index contributed by atoms with van der Waals surface area (Å²) in [6.45, 7) is 3.78. The Labute approximate surface area is 174 Å². The first-order valence-electron chi connectivity index (χ1n) is 10.3. The second-order valence-electron chi connectivity index (χ2n) is 7.78. The van der Waals surface area contributed by atoms with Crippen molar-refractivity contribution in [1.29, 1.82) is 0 Å². The van der Waals surface area contributed by atoms with Crippen molar-refractivity contribution in [2.75, 3.05) is 10.6 Å². The highest BCUT2D eigenvalue weighted by Gasteiger charge is 2.32. The summed E-state index contributed by atoms with van der Waals surface area (Å²) in [4.78, 5) is 13.1. The molecule has 0 aliphatic heterocycles. The summed E-state index contributed by atoms with van der Waals surface area (Å²) in [6.07, 6.45) is 6.16. The number of aryl methyl sites for hydroxylation is 2. The minimum Gasteiger partial charge on any atom is -0.348 e. The Balaban J connectivity index is 1.81. The molecule has 6 heteroatoms. The molecule has 0 fully saturated rings. The summed E-state index contributed by atoms with van der Waals surface area (Å²) in [5, 5.41) is 3.03. The first-order chi connectivity index (χ1) is 13.8. The number of nitrogens with one attached hydrogen (secondary N) is 1. The summed E-state index contributed by atoms with van der Waals surface area (Å²) >= 11 is 0. The molecule has 1 amide bonds. The highest BCUT2D eigenvalue weighted by Crippen LogP contribution is 2.26. The molecule has 0 radical (unpaired) electrons. The van der Waals surface area contributed by atoms with Crippen LogP contribution in [0.1, 0.15) is 55.8 Å². The SMILES string of the molecule is CC[C@H](C(=O)N[C@@H](C)c1ccc2c(c1)CCCC2)N(c1ccccc1)S(C)(=O)=O. The first kappa shape index (κ1) is 21.4. The Morgan fingerprint density at radius 2 is 1.72 bits per heavy atom. The van der Waals surface area contributed by atoms with Gasteiger partial charge in [0.2, 0.25) is 15.9 Å². The summed E-state index contributed by atoms with van der Waals surface area (Å²) in [7, 11) is -3.61. The Morgan fingerprint density at radius 1 is 1.07 bits per heavy atom. The van der Waals surface area contributed by atoms with Crippen molar-refractivity contribution in [3.05, 3.63) is 65.2 Å². The third kappa shape index (κ3) is 4.99. The molecule has 2 atom stereocenters. The number of anilines is 1. The number of nitrogens with zero attached hydrogens (tertiary/aromatic N) is 1. The zero-order valence-electron chi connectivity index (χ0n) is 17.4. The maximum atomic E-state index is 13.1. The van der Waals surface area contributed by atoms with Gasteiger partial charge in [0.25, 0.3) is 0 Å². The Bertz CT molecular complexity index is 957. The van der Waals surface area contributed by atoms with Gasteiger partial charge < -0.3 is 5.32 Å². The maximum Gasteiger partial charge on any atom is 0.244 e. The minimum absolute atomic E-state index is 0.194. The van der Waals surface area contributed by atoms with Crippen LogP contribution in [0, 0.1) is 0 Å². The van der Waals surface area contributed by atoms with Gasteiger partial charge in [0.15, 0.2) is 0 Å². The van der Waals surface area contributed by atoms with E-state index in [4.69, 9.17) is 0 Å². The van der Waals surface area contributed by atoms with Gasteiger partial charge in [-0.25, -0.2) is 8.42 Å². The molecule has 0 bridgehead atoms. The average Bonchev–Trinajstić information content (AvgIpc) is 2.71. The molecule has 3 rings (SSSR count). The number of para-hydroxylation sites is 1. The maximum absolute atomic E-state index is 13.1. The molecule has 29 heavy (non-hydrogen) atoms. The van der Waals surface area contributed by atoms with E-state index in [1.54, 1.807) is 24.3 Å². The van der Waals surface area contributed by atoms with E-state index >= 15 is 0 Å². The van der Waals surface area contributed by atoms with Crippen molar-refractivity contribution in [2.45, 2.75) is 58.0 Å². The first-order valence-corrected chi connectivity index (χ1v) is 12.1.